The molecule has 1 aliphatic rings. The maximum atomic E-state index is 10.8. The second-order valence-corrected chi connectivity index (χ2v) is 6.36. The smallest absolute Gasteiger partial charge is 0.303 e. The molecule has 2 rings (SSSR count). The van der Waals surface area contributed by atoms with Crippen LogP contribution in [0.25, 0.3) is 0 Å². The summed E-state index contributed by atoms with van der Waals surface area (Å²) in [6.45, 7) is 2.03. The first-order chi connectivity index (χ1) is 8.02. The molecule has 1 heterocycles. The molecule has 0 atom stereocenters. The molecule has 0 aromatic carbocycles. The standard InChI is InChI=1S/C12H14BrNO2S/c1-8-2-5-14-11(10(8)13)17-7-12(3-4-12)6-9(15)16/h2,5H,3-4,6-7H2,1H3,(H,15,16). The van der Waals surface area contributed by atoms with E-state index in [2.05, 4.69) is 20.9 Å². The fraction of sp³-hybridized carbons (Fsp3) is 0.500. The van der Waals surface area contributed by atoms with Crippen molar-refractivity contribution in [3.05, 3.63) is 22.3 Å². The summed E-state index contributed by atoms with van der Waals surface area (Å²) >= 11 is 5.17. The minimum Gasteiger partial charge on any atom is -0.481 e. The fourth-order valence-electron chi connectivity index (χ4n) is 1.71. The minimum atomic E-state index is -0.695. The van der Waals surface area contributed by atoms with Crippen LogP contribution in [0.2, 0.25) is 0 Å². The Morgan fingerprint density at radius 1 is 1.65 bits per heavy atom. The lowest BCUT2D eigenvalue weighted by molar-refractivity contribution is -0.138. The number of halogens is 1. The van der Waals surface area contributed by atoms with Gasteiger partial charge in [-0.1, -0.05) is 0 Å². The number of rotatable bonds is 5. The predicted molar refractivity (Wildman–Crippen MR) is 71.3 cm³/mol. The zero-order valence-electron chi connectivity index (χ0n) is 9.57. The van der Waals surface area contributed by atoms with Crippen molar-refractivity contribution in [2.75, 3.05) is 5.75 Å². The van der Waals surface area contributed by atoms with Crippen LogP contribution in [0.4, 0.5) is 0 Å². The predicted octanol–water partition coefficient (Wildman–Crippen LogP) is 3.50. The van der Waals surface area contributed by atoms with E-state index in [0.29, 0.717) is 0 Å². The van der Waals surface area contributed by atoms with Crippen LogP contribution in [0.5, 0.6) is 0 Å². The van der Waals surface area contributed by atoms with E-state index in [1.807, 2.05) is 13.0 Å². The van der Waals surface area contributed by atoms with Crippen molar-refractivity contribution < 1.29 is 9.90 Å². The van der Waals surface area contributed by atoms with E-state index in [9.17, 15) is 4.79 Å². The highest BCUT2D eigenvalue weighted by atomic mass is 79.9. The van der Waals surface area contributed by atoms with Gasteiger partial charge in [-0.2, -0.15) is 0 Å². The van der Waals surface area contributed by atoms with E-state index in [0.717, 1.165) is 33.7 Å². The molecular weight excluding hydrogens is 302 g/mol. The molecule has 17 heavy (non-hydrogen) atoms. The second-order valence-electron chi connectivity index (χ2n) is 4.61. The van der Waals surface area contributed by atoms with Gasteiger partial charge in [-0.15, -0.1) is 11.8 Å². The molecule has 1 aromatic rings. The van der Waals surface area contributed by atoms with E-state index < -0.39 is 5.97 Å². The van der Waals surface area contributed by atoms with Crippen LogP contribution < -0.4 is 0 Å². The molecule has 1 aromatic heterocycles. The lowest BCUT2D eigenvalue weighted by atomic mass is 10.1. The van der Waals surface area contributed by atoms with E-state index >= 15 is 0 Å². The number of hydrogen-bond acceptors (Lipinski definition) is 3. The number of carboxylic acid groups (broad SMARTS) is 1. The van der Waals surface area contributed by atoms with Crippen molar-refractivity contribution in [1.82, 2.24) is 4.98 Å². The van der Waals surface area contributed by atoms with Crippen molar-refractivity contribution >= 4 is 33.7 Å². The first kappa shape index (κ1) is 12.9. The lowest BCUT2D eigenvalue weighted by Crippen LogP contribution is -2.11. The molecule has 1 N–H and O–H groups in total. The zero-order chi connectivity index (χ0) is 12.5. The summed E-state index contributed by atoms with van der Waals surface area (Å²) in [4.78, 5) is 15.1. The number of carbonyl (C=O) groups is 1. The monoisotopic (exact) mass is 315 g/mol. The normalized spacial score (nSPS) is 16.8. The highest BCUT2D eigenvalue weighted by Gasteiger charge is 2.44. The number of carboxylic acids is 1. The summed E-state index contributed by atoms with van der Waals surface area (Å²) in [5, 5.41) is 9.81. The molecule has 0 amide bonds. The molecule has 3 nitrogen and oxygen atoms in total. The van der Waals surface area contributed by atoms with Crippen LogP contribution in [0.1, 0.15) is 24.8 Å². The van der Waals surface area contributed by atoms with Gasteiger partial charge in [0.15, 0.2) is 0 Å². The lowest BCUT2D eigenvalue weighted by Gasteiger charge is -2.12. The highest BCUT2D eigenvalue weighted by Crippen LogP contribution is 2.52. The summed E-state index contributed by atoms with van der Waals surface area (Å²) in [5.41, 5.74) is 1.17. The molecular formula is C12H14BrNO2S. The molecule has 1 saturated carbocycles. The van der Waals surface area contributed by atoms with Gasteiger partial charge in [-0.3, -0.25) is 4.79 Å². The van der Waals surface area contributed by atoms with Gasteiger partial charge in [0.05, 0.1) is 10.9 Å². The first-order valence-corrected chi connectivity index (χ1v) is 7.26. The number of thioether (sulfide) groups is 1. The topological polar surface area (TPSA) is 50.2 Å². The second kappa shape index (κ2) is 4.98. The third kappa shape index (κ3) is 3.22. The molecule has 0 aliphatic heterocycles. The summed E-state index contributed by atoms with van der Waals surface area (Å²) in [6.07, 6.45) is 4.12. The maximum absolute atomic E-state index is 10.8. The molecule has 0 unspecified atom stereocenters. The Kier molecular flexibility index (Phi) is 3.78. The van der Waals surface area contributed by atoms with E-state index in [1.165, 1.54) is 0 Å². The van der Waals surface area contributed by atoms with Crippen molar-refractivity contribution in [3.63, 3.8) is 0 Å². The summed E-state index contributed by atoms with van der Waals surface area (Å²) < 4.78 is 1.02. The third-order valence-corrected chi connectivity index (χ3v) is 5.65. The zero-order valence-corrected chi connectivity index (χ0v) is 12.0. The van der Waals surface area contributed by atoms with Crippen molar-refractivity contribution in [2.24, 2.45) is 5.41 Å². The quantitative estimate of drug-likeness (QED) is 0.845. The number of hydrogen-bond donors (Lipinski definition) is 1. The summed E-state index contributed by atoms with van der Waals surface area (Å²) in [7, 11) is 0. The number of aromatic nitrogens is 1. The Hall–Kier alpha value is -0.550. The first-order valence-electron chi connectivity index (χ1n) is 5.48. The van der Waals surface area contributed by atoms with E-state index in [4.69, 9.17) is 5.11 Å². The maximum Gasteiger partial charge on any atom is 0.303 e. The molecule has 92 valence electrons. The van der Waals surface area contributed by atoms with Gasteiger partial charge in [0.1, 0.15) is 5.03 Å². The Morgan fingerprint density at radius 2 is 2.35 bits per heavy atom. The van der Waals surface area contributed by atoms with E-state index in [-0.39, 0.29) is 11.8 Å². The molecule has 5 heteroatoms. The Morgan fingerprint density at radius 3 is 2.94 bits per heavy atom. The number of aryl methyl sites for hydroxylation is 1. The molecule has 0 saturated heterocycles. The third-order valence-electron chi connectivity index (χ3n) is 3.05. The molecule has 1 fully saturated rings. The Labute approximate surface area is 113 Å². The number of aliphatic carboxylic acids is 1. The number of pyridine rings is 1. The van der Waals surface area contributed by atoms with Crippen LogP contribution in [0, 0.1) is 12.3 Å². The van der Waals surface area contributed by atoms with Gasteiger partial charge in [-0.05, 0) is 52.7 Å². The Balaban J connectivity index is 1.98. The van der Waals surface area contributed by atoms with Gasteiger partial charge in [-0.25, -0.2) is 4.98 Å². The van der Waals surface area contributed by atoms with Gasteiger partial charge in [0.2, 0.25) is 0 Å². The van der Waals surface area contributed by atoms with E-state index in [1.54, 1.807) is 18.0 Å². The van der Waals surface area contributed by atoms with Crippen LogP contribution in [0.15, 0.2) is 21.8 Å². The largest absolute Gasteiger partial charge is 0.481 e. The average Bonchev–Trinajstić information content (AvgIpc) is 3.00. The van der Waals surface area contributed by atoms with Gasteiger partial charge >= 0.3 is 5.97 Å². The van der Waals surface area contributed by atoms with Crippen LogP contribution in [-0.2, 0) is 4.79 Å². The summed E-state index contributed by atoms with van der Waals surface area (Å²) in [5.74, 6) is 0.147. The fourth-order valence-corrected chi connectivity index (χ4v) is 3.54. The van der Waals surface area contributed by atoms with Gasteiger partial charge in [0, 0.05) is 11.9 Å². The number of nitrogens with zero attached hydrogens (tertiary/aromatic N) is 1. The SMILES string of the molecule is Cc1ccnc(SCC2(CC(=O)O)CC2)c1Br. The van der Waals surface area contributed by atoms with Crippen molar-refractivity contribution in [1.29, 1.82) is 0 Å². The molecule has 0 spiro atoms. The van der Waals surface area contributed by atoms with Crippen LogP contribution in [-0.4, -0.2) is 21.8 Å². The Bertz CT molecular complexity index is 446. The minimum absolute atomic E-state index is 0.0152. The van der Waals surface area contributed by atoms with Crippen LogP contribution >= 0.6 is 27.7 Å². The van der Waals surface area contributed by atoms with Crippen molar-refractivity contribution in [3.8, 4) is 0 Å². The summed E-state index contributed by atoms with van der Waals surface area (Å²) in [6, 6.07) is 1.96. The molecule has 0 bridgehead atoms. The van der Waals surface area contributed by atoms with Crippen molar-refractivity contribution in [2.45, 2.75) is 31.2 Å². The highest BCUT2D eigenvalue weighted by molar-refractivity contribution is 9.10. The molecule has 0 radical (unpaired) electrons. The average molecular weight is 316 g/mol. The molecule has 1 aliphatic carbocycles. The van der Waals surface area contributed by atoms with Gasteiger partial charge < -0.3 is 5.11 Å². The van der Waals surface area contributed by atoms with Crippen LogP contribution in [0.3, 0.4) is 0 Å². The van der Waals surface area contributed by atoms with Gasteiger partial charge in [0.25, 0.3) is 0 Å².